The van der Waals surface area contributed by atoms with E-state index in [0.29, 0.717) is 5.02 Å². The lowest BCUT2D eigenvalue weighted by Gasteiger charge is -2.09. The minimum absolute atomic E-state index is 0.0860. The molecule has 2 N–H and O–H groups in total. The van der Waals surface area contributed by atoms with Crippen molar-refractivity contribution in [3.8, 4) is 11.5 Å². The van der Waals surface area contributed by atoms with E-state index < -0.39 is 15.8 Å². The second-order valence-corrected chi connectivity index (χ2v) is 7.93. The van der Waals surface area contributed by atoms with Crippen LogP contribution in [0.15, 0.2) is 41.3 Å². The molecule has 0 saturated carbocycles. The Labute approximate surface area is 150 Å². The van der Waals surface area contributed by atoms with Gasteiger partial charge in [-0.15, -0.1) is 0 Å². The Morgan fingerprint density at radius 2 is 1.92 bits per heavy atom. The van der Waals surface area contributed by atoms with Gasteiger partial charge in [-0.05, 0) is 49.2 Å². The highest BCUT2D eigenvalue weighted by molar-refractivity contribution is 7.91. The molecular weight excluding hydrogens is 368 g/mol. The summed E-state index contributed by atoms with van der Waals surface area (Å²) >= 11 is 5.96. The van der Waals surface area contributed by atoms with Crippen molar-refractivity contribution >= 4 is 27.4 Å². The van der Waals surface area contributed by atoms with Gasteiger partial charge in [0.15, 0.2) is 9.84 Å². The zero-order valence-electron chi connectivity index (χ0n) is 13.4. The van der Waals surface area contributed by atoms with Gasteiger partial charge in [0.25, 0.3) is 0 Å². The SMILES string of the molecule is Cc1ccc(S(=O)(=O)CCCOc2ccc(O)c(C(=O)O)c2)cc1Cl. The molecule has 0 amide bonds. The molecule has 0 aliphatic heterocycles. The second kappa shape index (κ2) is 7.76. The van der Waals surface area contributed by atoms with Crippen LogP contribution in [-0.4, -0.2) is 37.0 Å². The molecule has 6 nitrogen and oxygen atoms in total. The quantitative estimate of drug-likeness (QED) is 0.710. The molecule has 0 aliphatic rings. The van der Waals surface area contributed by atoms with E-state index in [1.165, 1.54) is 30.3 Å². The molecule has 25 heavy (non-hydrogen) atoms. The van der Waals surface area contributed by atoms with Crippen molar-refractivity contribution in [2.45, 2.75) is 18.2 Å². The standard InChI is InChI=1S/C17H17ClO6S/c1-11-3-5-13(10-15(11)18)25(22,23)8-2-7-24-12-4-6-16(19)14(9-12)17(20)21/h3-6,9-10,19H,2,7-8H2,1H3,(H,20,21). The summed E-state index contributed by atoms with van der Waals surface area (Å²) in [6.45, 7) is 1.87. The Balaban J connectivity index is 1.95. The summed E-state index contributed by atoms with van der Waals surface area (Å²) in [6.07, 6.45) is 0.219. The number of phenols is 1. The average molecular weight is 385 g/mol. The molecule has 2 rings (SSSR count). The number of carbonyl (C=O) groups is 1. The summed E-state index contributed by atoms with van der Waals surface area (Å²) in [7, 11) is -3.48. The molecule has 0 bridgehead atoms. The predicted octanol–water partition coefficient (Wildman–Crippen LogP) is 3.30. The number of aromatic carboxylic acids is 1. The predicted molar refractivity (Wildman–Crippen MR) is 93.4 cm³/mol. The fourth-order valence-electron chi connectivity index (χ4n) is 2.10. The molecule has 2 aromatic rings. The van der Waals surface area contributed by atoms with Crippen LogP contribution in [-0.2, 0) is 9.84 Å². The Morgan fingerprint density at radius 3 is 2.56 bits per heavy atom. The van der Waals surface area contributed by atoms with Gasteiger partial charge in [0.1, 0.15) is 17.1 Å². The number of rotatable bonds is 7. The Morgan fingerprint density at radius 1 is 1.20 bits per heavy atom. The van der Waals surface area contributed by atoms with Gasteiger partial charge < -0.3 is 14.9 Å². The monoisotopic (exact) mass is 384 g/mol. The van der Waals surface area contributed by atoms with E-state index in [4.69, 9.17) is 21.4 Å². The van der Waals surface area contributed by atoms with E-state index in [9.17, 15) is 18.3 Å². The zero-order chi connectivity index (χ0) is 18.6. The first kappa shape index (κ1) is 19.1. The number of carboxylic acid groups (broad SMARTS) is 1. The molecule has 2 aromatic carbocycles. The molecule has 0 aromatic heterocycles. The van der Waals surface area contributed by atoms with Crippen molar-refractivity contribution in [1.82, 2.24) is 0 Å². The molecule has 0 unspecified atom stereocenters. The number of aryl methyl sites for hydroxylation is 1. The van der Waals surface area contributed by atoms with Crippen molar-refractivity contribution in [3.05, 3.63) is 52.5 Å². The number of hydrogen-bond donors (Lipinski definition) is 2. The minimum Gasteiger partial charge on any atom is -0.507 e. The molecule has 0 atom stereocenters. The number of aromatic hydroxyl groups is 1. The number of halogens is 1. The van der Waals surface area contributed by atoms with Gasteiger partial charge in [-0.25, -0.2) is 13.2 Å². The lowest BCUT2D eigenvalue weighted by Crippen LogP contribution is -2.11. The number of ether oxygens (including phenoxy) is 1. The van der Waals surface area contributed by atoms with Crippen molar-refractivity contribution in [1.29, 1.82) is 0 Å². The zero-order valence-corrected chi connectivity index (χ0v) is 15.0. The maximum Gasteiger partial charge on any atom is 0.339 e. The Kier molecular flexibility index (Phi) is 5.92. The number of sulfone groups is 1. The van der Waals surface area contributed by atoms with E-state index in [-0.39, 0.29) is 40.7 Å². The molecule has 0 heterocycles. The van der Waals surface area contributed by atoms with E-state index in [2.05, 4.69) is 0 Å². The van der Waals surface area contributed by atoms with Crippen LogP contribution in [0.2, 0.25) is 5.02 Å². The number of hydrogen-bond acceptors (Lipinski definition) is 5. The van der Waals surface area contributed by atoms with E-state index >= 15 is 0 Å². The maximum absolute atomic E-state index is 12.3. The Hall–Kier alpha value is -2.25. The third-order valence-corrected chi connectivity index (χ3v) is 5.73. The first-order valence-electron chi connectivity index (χ1n) is 7.39. The highest BCUT2D eigenvalue weighted by Gasteiger charge is 2.16. The van der Waals surface area contributed by atoms with Gasteiger partial charge in [-0.2, -0.15) is 0 Å². The van der Waals surface area contributed by atoms with Crippen molar-refractivity contribution in [2.24, 2.45) is 0 Å². The van der Waals surface area contributed by atoms with Crippen LogP contribution >= 0.6 is 11.6 Å². The van der Waals surface area contributed by atoms with Gasteiger partial charge in [0, 0.05) is 5.02 Å². The van der Waals surface area contributed by atoms with Crippen LogP contribution in [0.3, 0.4) is 0 Å². The van der Waals surface area contributed by atoms with E-state index in [0.717, 1.165) is 5.56 Å². The van der Waals surface area contributed by atoms with Crippen LogP contribution in [0.5, 0.6) is 11.5 Å². The second-order valence-electron chi connectivity index (χ2n) is 5.42. The molecule has 8 heteroatoms. The van der Waals surface area contributed by atoms with Gasteiger partial charge >= 0.3 is 5.97 Å². The summed E-state index contributed by atoms with van der Waals surface area (Å²) in [5.74, 6) is -1.53. The molecule has 0 radical (unpaired) electrons. The maximum atomic E-state index is 12.3. The van der Waals surface area contributed by atoms with Crippen molar-refractivity contribution in [3.63, 3.8) is 0 Å². The highest BCUT2D eigenvalue weighted by Crippen LogP contribution is 2.24. The number of benzene rings is 2. The van der Waals surface area contributed by atoms with Gasteiger partial charge in [0.2, 0.25) is 0 Å². The smallest absolute Gasteiger partial charge is 0.339 e. The van der Waals surface area contributed by atoms with E-state index in [1.54, 1.807) is 13.0 Å². The third kappa shape index (κ3) is 4.87. The first-order valence-corrected chi connectivity index (χ1v) is 9.42. The molecule has 0 spiro atoms. The topological polar surface area (TPSA) is 101 Å². The fraction of sp³-hybridized carbons (Fsp3) is 0.235. The van der Waals surface area contributed by atoms with Gasteiger partial charge in [0.05, 0.1) is 17.3 Å². The van der Waals surface area contributed by atoms with Crippen LogP contribution < -0.4 is 4.74 Å². The van der Waals surface area contributed by atoms with E-state index in [1.807, 2.05) is 0 Å². The summed E-state index contributed by atoms with van der Waals surface area (Å²) in [5, 5.41) is 18.7. The van der Waals surface area contributed by atoms with Crippen molar-refractivity contribution in [2.75, 3.05) is 12.4 Å². The minimum atomic E-state index is -3.48. The van der Waals surface area contributed by atoms with Gasteiger partial charge in [-0.1, -0.05) is 17.7 Å². The van der Waals surface area contributed by atoms with Crippen LogP contribution in [0.1, 0.15) is 22.3 Å². The lowest BCUT2D eigenvalue weighted by atomic mass is 10.2. The summed E-state index contributed by atoms with van der Waals surface area (Å²) in [5.41, 5.74) is 0.518. The largest absolute Gasteiger partial charge is 0.507 e. The summed E-state index contributed by atoms with van der Waals surface area (Å²) in [6, 6.07) is 8.39. The molecule has 134 valence electrons. The Bertz CT molecular complexity index is 892. The van der Waals surface area contributed by atoms with Gasteiger partial charge in [-0.3, -0.25) is 0 Å². The number of carboxylic acids is 1. The molecule has 0 saturated heterocycles. The van der Waals surface area contributed by atoms with Crippen LogP contribution in [0.25, 0.3) is 0 Å². The normalized spacial score (nSPS) is 11.3. The lowest BCUT2D eigenvalue weighted by molar-refractivity contribution is 0.0693. The molecule has 0 aliphatic carbocycles. The third-order valence-electron chi connectivity index (χ3n) is 3.53. The molecular formula is C17H17ClO6S. The van der Waals surface area contributed by atoms with Crippen LogP contribution in [0, 0.1) is 6.92 Å². The first-order chi connectivity index (χ1) is 11.7. The highest BCUT2D eigenvalue weighted by atomic mass is 35.5. The summed E-state index contributed by atoms with van der Waals surface area (Å²) in [4.78, 5) is 11.1. The summed E-state index contributed by atoms with van der Waals surface area (Å²) < 4.78 is 29.9. The van der Waals surface area contributed by atoms with Crippen LogP contribution in [0.4, 0.5) is 0 Å². The van der Waals surface area contributed by atoms with Crippen molar-refractivity contribution < 1.29 is 28.2 Å². The molecule has 0 fully saturated rings. The fourth-order valence-corrected chi connectivity index (χ4v) is 3.65. The average Bonchev–Trinajstić information content (AvgIpc) is 2.55.